The minimum absolute atomic E-state index is 0.350. The molecule has 1 aliphatic heterocycles. The maximum Gasteiger partial charge on any atom is 0.359 e. The molecule has 1 saturated heterocycles. The molecule has 1 saturated carbocycles. The van der Waals surface area contributed by atoms with Gasteiger partial charge in [0.2, 0.25) is 0 Å². The molecule has 2 aromatic carbocycles. The van der Waals surface area contributed by atoms with Crippen LogP contribution < -0.4 is 4.31 Å². The maximum atomic E-state index is 11.8. The van der Waals surface area contributed by atoms with E-state index in [1.165, 1.54) is 11.1 Å². The fourth-order valence-electron chi connectivity index (χ4n) is 4.25. The first-order valence-electron chi connectivity index (χ1n) is 10.1. The Morgan fingerprint density at radius 3 is 2.32 bits per heavy atom. The van der Waals surface area contributed by atoms with Gasteiger partial charge in [-0.05, 0) is 60.9 Å². The summed E-state index contributed by atoms with van der Waals surface area (Å²) >= 11 is 0. The van der Waals surface area contributed by atoms with Crippen LogP contribution in [0, 0.1) is 5.92 Å². The summed E-state index contributed by atoms with van der Waals surface area (Å²) in [6, 6.07) is 18.2. The van der Waals surface area contributed by atoms with Crippen LogP contribution in [0.5, 0.6) is 0 Å². The lowest BCUT2D eigenvalue weighted by Gasteiger charge is -2.31. The average Bonchev–Trinajstić information content (AvgIpc) is 3.09. The van der Waals surface area contributed by atoms with Crippen LogP contribution in [0.2, 0.25) is 0 Å². The molecular formula is C22H28N2O3S. The van der Waals surface area contributed by atoms with Gasteiger partial charge in [-0.25, -0.2) is 4.31 Å². The third-order valence-electron chi connectivity index (χ3n) is 6.10. The Hall–Kier alpha value is -1.89. The molecule has 2 aromatic rings. The number of nitrogens with zero attached hydrogens (tertiary/aromatic N) is 2. The van der Waals surface area contributed by atoms with Crippen molar-refractivity contribution in [2.24, 2.45) is 5.92 Å². The molecule has 150 valence electrons. The molecule has 5 nitrogen and oxygen atoms in total. The van der Waals surface area contributed by atoms with Crippen molar-refractivity contribution in [1.82, 2.24) is 4.90 Å². The van der Waals surface area contributed by atoms with Gasteiger partial charge in [-0.2, -0.15) is 8.42 Å². The summed E-state index contributed by atoms with van der Waals surface area (Å²) in [6.45, 7) is 3.41. The zero-order valence-corrected chi connectivity index (χ0v) is 16.9. The van der Waals surface area contributed by atoms with Crippen LogP contribution in [-0.2, 0) is 16.8 Å². The quantitative estimate of drug-likeness (QED) is 0.711. The topological polar surface area (TPSA) is 60.9 Å². The Labute approximate surface area is 167 Å². The van der Waals surface area contributed by atoms with Crippen molar-refractivity contribution in [2.75, 3.05) is 23.9 Å². The van der Waals surface area contributed by atoms with E-state index in [-0.39, 0.29) is 0 Å². The first-order chi connectivity index (χ1) is 13.5. The predicted octanol–water partition coefficient (Wildman–Crippen LogP) is 4.09. The number of hydrogen-bond acceptors (Lipinski definition) is 3. The summed E-state index contributed by atoms with van der Waals surface area (Å²) in [5.41, 5.74) is 3.12. The molecule has 1 atom stereocenters. The second kappa shape index (κ2) is 8.23. The van der Waals surface area contributed by atoms with Crippen LogP contribution >= 0.6 is 0 Å². The summed E-state index contributed by atoms with van der Waals surface area (Å²) < 4.78 is 34.5. The second-order valence-electron chi connectivity index (χ2n) is 8.10. The third kappa shape index (κ3) is 4.57. The van der Waals surface area contributed by atoms with Gasteiger partial charge in [0.05, 0.1) is 5.69 Å². The highest BCUT2D eigenvalue weighted by molar-refractivity contribution is 7.87. The van der Waals surface area contributed by atoms with Gasteiger partial charge in [-0.3, -0.25) is 9.45 Å². The monoisotopic (exact) mass is 400 g/mol. The van der Waals surface area contributed by atoms with Crippen LogP contribution in [0.1, 0.15) is 42.7 Å². The Kier molecular flexibility index (Phi) is 5.71. The van der Waals surface area contributed by atoms with Crippen LogP contribution in [0.4, 0.5) is 5.69 Å². The minimum Gasteiger partial charge on any atom is -0.298 e. The Balaban J connectivity index is 1.41. The van der Waals surface area contributed by atoms with E-state index < -0.39 is 10.3 Å². The van der Waals surface area contributed by atoms with Crippen molar-refractivity contribution in [3.05, 3.63) is 65.7 Å². The molecule has 1 unspecified atom stereocenters. The van der Waals surface area contributed by atoms with Crippen molar-refractivity contribution in [3.8, 4) is 0 Å². The third-order valence-corrected chi connectivity index (χ3v) is 7.02. The van der Waals surface area contributed by atoms with E-state index in [2.05, 4.69) is 29.2 Å². The highest BCUT2D eigenvalue weighted by Crippen LogP contribution is 2.32. The first-order valence-corrected chi connectivity index (χ1v) is 11.5. The van der Waals surface area contributed by atoms with Crippen molar-refractivity contribution in [1.29, 1.82) is 0 Å². The molecular weight excluding hydrogens is 372 g/mol. The van der Waals surface area contributed by atoms with E-state index in [0.29, 0.717) is 24.1 Å². The Morgan fingerprint density at radius 1 is 1.00 bits per heavy atom. The number of anilines is 1. The van der Waals surface area contributed by atoms with E-state index in [9.17, 15) is 13.0 Å². The molecule has 2 aliphatic rings. The molecule has 4 rings (SSSR count). The van der Waals surface area contributed by atoms with Gasteiger partial charge in [0.25, 0.3) is 0 Å². The van der Waals surface area contributed by atoms with Crippen LogP contribution in [-0.4, -0.2) is 37.5 Å². The summed E-state index contributed by atoms with van der Waals surface area (Å²) in [5, 5.41) is 0. The SMILES string of the molecule is O=S(=O)(O)N(CC1CCC1)c1ccc(C2CCN(Cc3ccccc3)C2)cc1. The molecule has 0 spiro atoms. The highest BCUT2D eigenvalue weighted by Gasteiger charge is 2.28. The standard InChI is InChI=1S/C22H28N2O3S/c25-28(26,27)24(16-19-7-4-8-19)22-11-9-20(10-12-22)21-13-14-23(17-21)15-18-5-2-1-3-6-18/h1-3,5-6,9-12,19,21H,4,7-8,13-17H2,(H,25,26,27). The molecule has 0 radical (unpaired) electrons. The largest absolute Gasteiger partial charge is 0.359 e. The van der Waals surface area contributed by atoms with E-state index in [0.717, 1.165) is 49.6 Å². The Morgan fingerprint density at radius 2 is 1.71 bits per heavy atom. The van der Waals surface area contributed by atoms with Gasteiger partial charge >= 0.3 is 10.3 Å². The molecule has 1 heterocycles. The highest BCUT2D eigenvalue weighted by atomic mass is 32.2. The molecule has 1 N–H and O–H groups in total. The van der Waals surface area contributed by atoms with Gasteiger partial charge in [0.1, 0.15) is 0 Å². The summed E-state index contributed by atoms with van der Waals surface area (Å²) in [7, 11) is -4.24. The maximum absolute atomic E-state index is 11.8. The van der Waals surface area contributed by atoms with Crippen LogP contribution in [0.3, 0.4) is 0 Å². The number of hydrogen-bond donors (Lipinski definition) is 1. The predicted molar refractivity (Wildman–Crippen MR) is 112 cm³/mol. The summed E-state index contributed by atoms with van der Waals surface area (Å²) in [6.07, 6.45) is 4.31. The molecule has 2 fully saturated rings. The lowest BCUT2D eigenvalue weighted by molar-refractivity contribution is 0.323. The lowest BCUT2D eigenvalue weighted by atomic mass is 9.85. The normalized spacial score (nSPS) is 20.8. The van der Waals surface area contributed by atoms with Gasteiger partial charge in [-0.15, -0.1) is 0 Å². The molecule has 0 aromatic heterocycles. The van der Waals surface area contributed by atoms with Gasteiger partial charge in [0, 0.05) is 19.6 Å². The molecule has 28 heavy (non-hydrogen) atoms. The average molecular weight is 401 g/mol. The lowest BCUT2D eigenvalue weighted by Crippen LogP contribution is -2.37. The van der Waals surface area contributed by atoms with Gasteiger partial charge in [-0.1, -0.05) is 48.9 Å². The van der Waals surface area contributed by atoms with Crippen LogP contribution in [0.25, 0.3) is 0 Å². The van der Waals surface area contributed by atoms with E-state index in [1.807, 2.05) is 30.3 Å². The zero-order chi connectivity index (χ0) is 19.6. The van der Waals surface area contributed by atoms with E-state index in [1.54, 1.807) is 0 Å². The fraction of sp³-hybridized carbons (Fsp3) is 0.455. The second-order valence-corrected chi connectivity index (χ2v) is 9.44. The van der Waals surface area contributed by atoms with E-state index in [4.69, 9.17) is 0 Å². The number of rotatable bonds is 7. The van der Waals surface area contributed by atoms with E-state index >= 15 is 0 Å². The first kappa shape index (κ1) is 19.4. The van der Waals surface area contributed by atoms with Crippen molar-refractivity contribution < 1.29 is 13.0 Å². The molecule has 0 bridgehead atoms. The van der Waals surface area contributed by atoms with Crippen molar-refractivity contribution >= 4 is 16.0 Å². The smallest absolute Gasteiger partial charge is 0.298 e. The van der Waals surface area contributed by atoms with Crippen molar-refractivity contribution in [2.45, 2.75) is 38.1 Å². The molecule has 6 heteroatoms. The molecule has 0 amide bonds. The van der Waals surface area contributed by atoms with Gasteiger partial charge in [0.15, 0.2) is 0 Å². The van der Waals surface area contributed by atoms with Gasteiger partial charge < -0.3 is 0 Å². The summed E-state index contributed by atoms with van der Waals surface area (Å²) in [4.78, 5) is 2.47. The summed E-state index contributed by atoms with van der Waals surface area (Å²) in [5.74, 6) is 0.812. The number of benzene rings is 2. The number of likely N-dealkylation sites (tertiary alicyclic amines) is 1. The zero-order valence-electron chi connectivity index (χ0n) is 16.1. The minimum atomic E-state index is -4.24. The van der Waals surface area contributed by atoms with Crippen molar-refractivity contribution in [3.63, 3.8) is 0 Å². The van der Waals surface area contributed by atoms with Crippen LogP contribution in [0.15, 0.2) is 54.6 Å². The molecule has 1 aliphatic carbocycles. The fourth-order valence-corrected chi connectivity index (χ4v) is 5.03. The Bertz CT molecular complexity index is 880.